The van der Waals surface area contributed by atoms with Crippen molar-refractivity contribution in [2.75, 3.05) is 13.2 Å². The number of hydrogen-bond donors (Lipinski definition) is 1. The molecule has 1 spiro atoms. The molecule has 1 heterocycles. The first kappa shape index (κ1) is 15.3. The SMILES string of the molecule is CCCNC1CC2(CC(OCC)C2)Oc2ccc(Br)cc21. The van der Waals surface area contributed by atoms with Crippen LogP contribution >= 0.6 is 15.9 Å². The molecule has 116 valence electrons. The molecular formula is C17H24BrNO2. The molecule has 0 amide bonds. The van der Waals surface area contributed by atoms with E-state index in [-0.39, 0.29) is 5.60 Å². The zero-order valence-electron chi connectivity index (χ0n) is 12.8. The standard InChI is InChI=1S/C17H24BrNO2/c1-3-7-19-15-11-17(9-13(10-17)20-4-2)21-16-6-5-12(18)8-14(15)16/h5-6,8,13,15,19H,3-4,7,9-11H2,1-2H3. The predicted molar refractivity (Wildman–Crippen MR) is 87.8 cm³/mol. The average Bonchev–Trinajstić information content (AvgIpc) is 2.44. The minimum absolute atomic E-state index is 0.0218. The zero-order valence-corrected chi connectivity index (χ0v) is 14.4. The highest BCUT2D eigenvalue weighted by atomic mass is 79.9. The molecule has 1 aromatic carbocycles. The van der Waals surface area contributed by atoms with Crippen LogP contribution < -0.4 is 10.1 Å². The first-order valence-corrected chi connectivity index (χ1v) is 8.78. The van der Waals surface area contributed by atoms with E-state index in [0.29, 0.717) is 12.1 Å². The van der Waals surface area contributed by atoms with Crippen LogP contribution in [0.5, 0.6) is 5.75 Å². The van der Waals surface area contributed by atoms with Crippen molar-refractivity contribution in [1.82, 2.24) is 5.32 Å². The maximum atomic E-state index is 6.36. The Labute approximate surface area is 135 Å². The summed E-state index contributed by atoms with van der Waals surface area (Å²) in [6.07, 6.45) is 4.59. The van der Waals surface area contributed by atoms with Crippen LogP contribution in [0.1, 0.15) is 51.1 Å². The third-order valence-electron chi connectivity index (χ3n) is 4.49. The molecule has 1 atom stereocenters. The van der Waals surface area contributed by atoms with Gasteiger partial charge in [0.2, 0.25) is 0 Å². The van der Waals surface area contributed by atoms with Crippen molar-refractivity contribution < 1.29 is 9.47 Å². The van der Waals surface area contributed by atoms with E-state index in [1.165, 1.54) is 5.56 Å². The van der Waals surface area contributed by atoms with Crippen molar-refractivity contribution in [2.45, 2.75) is 57.3 Å². The van der Waals surface area contributed by atoms with Crippen molar-refractivity contribution >= 4 is 15.9 Å². The number of fused-ring (bicyclic) bond motifs is 1. The number of ether oxygens (including phenoxy) is 2. The van der Waals surface area contributed by atoms with Crippen LogP contribution in [0.4, 0.5) is 0 Å². The molecule has 0 bridgehead atoms. The van der Waals surface area contributed by atoms with Gasteiger partial charge in [-0.05, 0) is 38.1 Å². The lowest BCUT2D eigenvalue weighted by molar-refractivity contribution is -0.135. The molecule has 1 fully saturated rings. The molecule has 2 aliphatic rings. The second-order valence-corrected chi connectivity index (χ2v) is 7.08. The minimum atomic E-state index is -0.0218. The predicted octanol–water partition coefficient (Wildman–Crippen LogP) is 4.21. The Morgan fingerprint density at radius 3 is 2.86 bits per heavy atom. The maximum absolute atomic E-state index is 6.36. The smallest absolute Gasteiger partial charge is 0.125 e. The molecular weight excluding hydrogens is 330 g/mol. The van der Waals surface area contributed by atoms with Gasteiger partial charge in [0, 0.05) is 41.9 Å². The van der Waals surface area contributed by atoms with Gasteiger partial charge in [-0.3, -0.25) is 0 Å². The normalized spacial score (nSPS) is 30.6. The fraction of sp³-hybridized carbons (Fsp3) is 0.647. The lowest BCUT2D eigenvalue weighted by Gasteiger charge is -2.51. The third kappa shape index (κ3) is 3.13. The molecule has 0 aromatic heterocycles. The molecule has 0 radical (unpaired) electrons. The molecule has 1 saturated carbocycles. The summed E-state index contributed by atoms with van der Waals surface area (Å²) in [5.41, 5.74) is 1.26. The summed E-state index contributed by atoms with van der Waals surface area (Å²) < 4.78 is 13.2. The van der Waals surface area contributed by atoms with Gasteiger partial charge in [-0.25, -0.2) is 0 Å². The molecule has 3 rings (SSSR count). The van der Waals surface area contributed by atoms with Crippen LogP contribution in [0.25, 0.3) is 0 Å². The molecule has 1 aliphatic heterocycles. The van der Waals surface area contributed by atoms with Crippen LogP contribution in [-0.4, -0.2) is 24.9 Å². The van der Waals surface area contributed by atoms with E-state index < -0.39 is 0 Å². The molecule has 0 saturated heterocycles. The van der Waals surface area contributed by atoms with E-state index in [4.69, 9.17) is 9.47 Å². The monoisotopic (exact) mass is 353 g/mol. The summed E-state index contributed by atoms with van der Waals surface area (Å²) in [6, 6.07) is 6.73. The first-order chi connectivity index (χ1) is 10.2. The Balaban J connectivity index is 1.79. The van der Waals surface area contributed by atoms with Gasteiger partial charge in [0.1, 0.15) is 11.4 Å². The van der Waals surface area contributed by atoms with E-state index in [2.05, 4.69) is 53.3 Å². The van der Waals surface area contributed by atoms with Crippen molar-refractivity contribution in [3.8, 4) is 5.75 Å². The third-order valence-corrected chi connectivity index (χ3v) is 4.99. The molecule has 1 unspecified atom stereocenters. The van der Waals surface area contributed by atoms with Gasteiger partial charge in [-0.15, -0.1) is 0 Å². The second kappa shape index (κ2) is 6.27. The van der Waals surface area contributed by atoms with Crippen LogP contribution in [-0.2, 0) is 4.74 Å². The lowest BCUT2D eigenvalue weighted by Crippen LogP contribution is -2.56. The number of benzene rings is 1. The van der Waals surface area contributed by atoms with Crippen LogP contribution in [0.3, 0.4) is 0 Å². The topological polar surface area (TPSA) is 30.5 Å². The molecule has 4 heteroatoms. The second-order valence-electron chi connectivity index (χ2n) is 6.16. The Hall–Kier alpha value is -0.580. The van der Waals surface area contributed by atoms with E-state index in [9.17, 15) is 0 Å². The summed E-state index contributed by atoms with van der Waals surface area (Å²) in [5, 5.41) is 3.68. The summed E-state index contributed by atoms with van der Waals surface area (Å²) in [6.45, 7) is 6.10. The average molecular weight is 354 g/mol. The van der Waals surface area contributed by atoms with Crippen molar-refractivity contribution in [3.63, 3.8) is 0 Å². The number of hydrogen-bond acceptors (Lipinski definition) is 3. The molecule has 1 aromatic rings. The fourth-order valence-corrected chi connectivity index (χ4v) is 3.89. The number of rotatable bonds is 5. The van der Waals surface area contributed by atoms with E-state index >= 15 is 0 Å². The highest BCUT2D eigenvalue weighted by Crippen LogP contribution is 2.50. The quantitative estimate of drug-likeness (QED) is 0.859. The fourth-order valence-electron chi connectivity index (χ4n) is 3.52. The Bertz CT molecular complexity index is 500. The largest absolute Gasteiger partial charge is 0.487 e. The van der Waals surface area contributed by atoms with Gasteiger partial charge in [0.25, 0.3) is 0 Å². The lowest BCUT2D eigenvalue weighted by atomic mass is 9.71. The van der Waals surface area contributed by atoms with Gasteiger partial charge in [-0.2, -0.15) is 0 Å². The Morgan fingerprint density at radius 1 is 1.33 bits per heavy atom. The van der Waals surface area contributed by atoms with Crippen LogP contribution in [0, 0.1) is 0 Å². The van der Waals surface area contributed by atoms with Gasteiger partial charge < -0.3 is 14.8 Å². The van der Waals surface area contributed by atoms with Gasteiger partial charge >= 0.3 is 0 Å². The van der Waals surface area contributed by atoms with E-state index in [1.807, 2.05) is 0 Å². The summed E-state index contributed by atoms with van der Waals surface area (Å²) in [4.78, 5) is 0. The minimum Gasteiger partial charge on any atom is -0.487 e. The molecule has 21 heavy (non-hydrogen) atoms. The highest BCUT2D eigenvalue weighted by molar-refractivity contribution is 9.10. The molecule has 3 nitrogen and oxygen atoms in total. The number of halogens is 1. The Morgan fingerprint density at radius 2 is 2.14 bits per heavy atom. The van der Waals surface area contributed by atoms with Gasteiger partial charge in [-0.1, -0.05) is 22.9 Å². The van der Waals surface area contributed by atoms with Gasteiger partial charge in [0.05, 0.1) is 6.10 Å². The zero-order chi connectivity index (χ0) is 14.9. The first-order valence-electron chi connectivity index (χ1n) is 7.99. The Kier molecular flexibility index (Phi) is 4.57. The summed E-state index contributed by atoms with van der Waals surface area (Å²) in [5.74, 6) is 1.04. The van der Waals surface area contributed by atoms with Crippen LogP contribution in [0.2, 0.25) is 0 Å². The molecule has 1 N–H and O–H groups in total. The van der Waals surface area contributed by atoms with Gasteiger partial charge in [0.15, 0.2) is 0 Å². The highest BCUT2D eigenvalue weighted by Gasteiger charge is 2.51. The van der Waals surface area contributed by atoms with Crippen molar-refractivity contribution in [2.24, 2.45) is 0 Å². The summed E-state index contributed by atoms with van der Waals surface area (Å²) in [7, 11) is 0. The maximum Gasteiger partial charge on any atom is 0.125 e. The number of nitrogens with one attached hydrogen (secondary N) is 1. The van der Waals surface area contributed by atoms with Crippen LogP contribution in [0.15, 0.2) is 22.7 Å². The molecule has 1 aliphatic carbocycles. The van der Waals surface area contributed by atoms with Crippen molar-refractivity contribution in [1.29, 1.82) is 0 Å². The summed E-state index contributed by atoms with van der Waals surface area (Å²) >= 11 is 3.57. The van der Waals surface area contributed by atoms with E-state index in [0.717, 1.165) is 49.1 Å². The van der Waals surface area contributed by atoms with Crippen molar-refractivity contribution in [3.05, 3.63) is 28.2 Å². The van der Waals surface area contributed by atoms with E-state index in [1.54, 1.807) is 0 Å².